The summed E-state index contributed by atoms with van der Waals surface area (Å²) >= 11 is 0. The molecule has 0 aromatic carbocycles. The highest BCUT2D eigenvalue weighted by Gasteiger charge is 2.23. The minimum atomic E-state index is 0.540. The van der Waals surface area contributed by atoms with E-state index >= 15 is 0 Å². The van der Waals surface area contributed by atoms with Gasteiger partial charge < -0.3 is 14.8 Å². The van der Waals surface area contributed by atoms with Crippen molar-refractivity contribution in [1.29, 1.82) is 0 Å². The fourth-order valence-electron chi connectivity index (χ4n) is 3.47. The third-order valence-corrected chi connectivity index (χ3v) is 4.77. The van der Waals surface area contributed by atoms with Gasteiger partial charge in [0, 0.05) is 18.8 Å². The summed E-state index contributed by atoms with van der Waals surface area (Å²) in [6.45, 7) is 8.32. The lowest BCUT2D eigenvalue weighted by Crippen LogP contribution is -2.35. The molecule has 0 aliphatic carbocycles. The van der Waals surface area contributed by atoms with E-state index in [0.29, 0.717) is 6.04 Å². The fourth-order valence-corrected chi connectivity index (χ4v) is 3.47. The summed E-state index contributed by atoms with van der Waals surface area (Å²) in [6.07, 6.45) is 9.32. The Morgan fingerprint density at radius 2 is 2.16 bits per heavy atom. The molecule has 1 aromatic heterocycles. The molecule has 2 saturated heterocycles. The SMILES string of the molecule is CCN1CCC(Cn2cncc2C2CCCN2)CC1. The average Bonchev–Trinajstić information content (AvgIpc) is 3.10. The van der Waals surface area contributed by atoms with Crippen molar-refractivity contribution in [1.82, 2.24) is 19.8 Å². The van der Waals surface area contributed by atoms with E-state index in [1.807, 2.05) is 6.33 Å². The van der Waals surface area contributed by atoms with Crippen LogP contribution in [0.3, 0.4) is 0 Å². The number of hydrogen-bond acceptors (Lipinski definition) is 3. The van der Waals surface area contributed by atoms with Gasteiger partial charge in [0.05, 0.1) is 12.0 Å². The van der Waals surface area contributed by atoms with Crippen molar-refractivity contribution in [2.24, 2.45) is 5.92 Å². The normalized spacial score (nSPS) is 26.1. The van der Waals surface area contributed by atoms with Crippen LogP contribution in [0.2, 0.25) is 0 Å². The summed E-state index contributed by atoms with van der Waals surface area (Å²) in [7, 11) is 0. The van der Waals surface area contributed by atoms with Gasteiger partial charge in [0.15, 0.2) is 0 Å². The molecule has 0 bridgehead atoms. The summed E-state index contributed by atoms with van der Waals surface area (Å²) in [6, 6.07) is 0.540. The Kier molecular flexibility index (Phi) is 4.18. The van der Waals surface area contributed by atoms with Crippen molar-refractivity contribution in [3.05, 3.63) is 18.2 Å². The van der Waals surface area contributed by atoms with Crippen molar-refractivity contribution in [2.45, 2.75) is 45.2 Å². The van der Waals surface area contributed by atoms with E-state index in [9.17, 15) is 0 Å². The number of hydrogen-bond donors (Lipinski definition) is 1. The highest BCUT2D eigenvalue weighted by atomic mass is 15.1. The Hall–Kier alpha value is -0.870. The van der Waals surface area contributed by atoms with Crippen LogP contribution < -0.4 is 5.32 Å². The van der Waals surface area contributed by atoms with Crippen LogP contribution in [0.5, 0.6) is 0 Å². The molecule has 19 heavy (non-hydrogen) atoms. The third kappa shape index (κ3) is 3.00. The molecule has 3 rings (SSSR count). The van der Waals surface area contributed by atoms with Crippen molar-refractivity contribution < 1.29 is 0 Å². The number of piperidine rings is 1. The first-order valence-electron chi connectivity index (χ1n) is 7.82. The van der Waals surface area contributed by atoms with Crippen LogP contribution in [0.1, 0.15) is 44.3 Å². The van der Waals surface area contributed by atoms with E-state index in [1.165, 1.54) is 51.0 Å². The molecule has 3 heterocycles. The second kappa shape index (κ2) is 6.06. The number of rotatable bonds is 4. The first-order valence-corrected chi connectivity index (χ1v) is 7.82. The summed E-state index contributed by atoms with van der Waals surface area (Å²) in [4.78, 5) is 6.94. The van der Waals surface area contributed by atoms with E-state index < -0.39 is 0 Å². The maximum atomic E-state index is 4.38. The van der Waals surface area contributed by atoms with Gasteiger partial charge in [-0.1, -0.05) is 6.92 Å². The minimum absolute atomic E-state index is 0.540. The van der Waals surface area contributed by atoms with Crippen LogP contribution in [-0.2, 0) is 6.54 Å². The zero-order chi connectivity index (χ0) is 13.1. The van der Waals surface area contributed by atoms with Gasteiger partial charge in [-0.15, -0.1) is 0 Å². The Bertz CT molecular complexity index is 387. The van der Waals surface area contributed by atoms with Crippen molar-refractivity contribution in [3.8, 4) is 0 Å². The van der Waals surface area contributed by atoms with Gasteiger partial charge in [0.2, 0.25) is 0 Å². The van der Waals surface area contributed by atoms with Crippen LogP contribution in [0.25, 0.3) is 0 Å². The molecule has 4 nitrogen and oxygen atoms in total. The lowest BCUT2D eigenvalue weighted by Gasteiger charge is -2.31. The summed E-state index contributed by atoms with van der Waals surface area (Å²) < 4.78 is 2.40. The molecule has 2 aliphatic heterocycles. The molecule has 106 valence electrons. The summed E-state index contributed by atoms with van der Waals surface area (Å²) in [5.74, 6) is 0.831. The van der Waals surface area contributed by atoms with Gasteiger partial charge in [0.1, 0.15) is 0 Å². The molecule has 0 radical (unpaired) electrons. The van der Waals surface area contributed by atoms with Gasteiger partial charge in [-0.3, -0.25) is 0 Å². The Morgan fingerprint density at radius 3 is 2.84 bits per heavy atom. The van der Waals surface area contributed by atoms with Gasteiger partial charge in [0.25, 0.3) is 0 Å². The Labute approximate surface area is 116 Å². The molecule has 4 heteroatoms. The van der Waals surface area contributed by atoms with Crippen molar-refractivity contribution in [2.75, 3.05) is 26.2 Å². The zero-order valence-electron chi connectivity index (χ0n) is 12.0. The predicted molar refractivity (Wildman–Crippen MR) is 77.0 cm³/mol. The Balaban J connectivity index is 1.59. The quantitative estimate of drug-likeness (QED) is 0.901. The molecule has 1 unspecified atom stereocenters. The number of imidazole rings is 1. The van der Waals surface area contributed by atoms with Crippen LogP contribution in [0.15, 0.2) is 12.5 Å². The highest BCUT2D eigenvalue weighted by molar-refractivity contribution is 5.07. The highest BCUT2D eigenvalue weighted by Crippen LogP contribution is 2.25. The van der Waals surface area contributed by atoms with Gasteiger partial charge in [-0.25, -0.2) is 4.98 Å². The standard InChI is InChI=1S/C15H26N4/c1-2-18-8-5-13(6-9-18)11-19-12-16-10-15(19)14-4-3-7-17-14/h10,12-14,17H,2-9,11H2,1H3. The Morgan fingerprint density at radius 1 is 1.32 bits per heavy atom. The first kappa shape index (κ1) is 13.1. The number of likely N-dealkylation sites (tertiary alicyclic amines) is 1. The van der Waals surface area contributed by atoms with E-state index in [-0.39, 0.29) is 0 Å². The summed E-state index contributed by atoms with van der Waals surface area (Å²) in [5.41, 5.74) is 1.40. The molecule has 0 amide bonds. The summed E-state index contributed by atoms with van der Waals surface area (Å²) in [5, 5.41) is 3.58. The molecule has 0 saturated carbocycles. The van der Waals surface area contributed by atoms with Crippen LogP contribution in [0.4, 0.5) is 0 Å². The topological polar surface area (TPSA) is 33.1 Å². The molecule has 1 N–H and O–H groups in total. The maximum absolute atomic E-state index is 4.38. The largest absolute Gasteiger partial charge is 0.333 e. The second-order valence-corrected chi connectivity index (χ2v) is 6.00. The molecule has 0 spiro atoms. The van der Waals surface area contributed by atoms with Gasteiger partial charge in [-0.2, -0.15) is 0 Å². The molecule has 2 aliphatic rings. The van der Waals surface area contributed by atoms with E-state index in [0.717, 1.165) is 19.0 Å². The van der Waals surface area contributed by atoms with E-state index in [4.69, 9.17) is 0 Å². The van der Waals surface area contributed by atoms with Crippen molar-refractivity contribution >= 4 is 0 Å². The monoisotopic (exact) mass is 262 g/mol. The number of nitrogens with one attached hydrogen (secondary N) is 1. The van der Waals surface area contributed by atoms with E-state index in [2.05, 4.69) is 32.9 Å². The van der Waals surface area contributed by atoms with Crippen LogP contribution >= 0.6 is 0 Å². The lowest BCUT2D eigenvalue weighted by molar-refractivity contribution is 0.180. The average molecular weight is 262 g/mol. The lowest BCUT2D eigenvalue weighted by atomic mass is 9.96. The van der Waals surface area contributed by atoms with Crippen LogP contribution in [0, 0.1) is 5.92 Å². The molecular formula is C15H26N4. The second-order valence-electron chi connectivity index (χ2n) is 6.00. The molecular weight excluding hydrogens is 236 g/mol. The predicted octanol–water partition coefficient (Wildman–Crippen LogP) is 2.04. The third-order valence-electron chi connectivity index (χ3n) is 4.77. The van der Waals surface area contributed by atoms with Gasteiger partial charge in [-0.05, 0) is 57.8 Å². The van der Waals surface area contributed by atoms with Crippen molar-refractivity contribution in [3.63, 3.8) is 0 Å². The minimum Gasteiger partial charge on any atom is -0.333 e. The smallest absolute Gasteiger partial charge is 0.0948 e. The molecule has 1 aromatic rings. The zero-order valence-corrected chi connectivity index (χ0v) is 12.0. The van der Waals surface area contributed by atoms with Gasteiger partial charge >= 0.3 is 0 Å². The maximum Gasteiger partial charge on any atom is 0.0948 e. The van der Waals surface area contributed by atoms with E-state index in [1.54, 1.807) is 0 Å². The first-order chi connectivity index (χ1) is 9.36. The molecule has 2 fully saturated rings. The number of aromatic nitrogens is 2. The molecule has 1 atom stereocenters. The fraction of sp³-hybridized carbons (Fsp3) is 0.800. The number of nitrogens with zero attached hydrogens (tertiary/aromatic N) is 3. The van der Waals surface area contributed by atoms with Crippen LogP contribution in [-0.4, -0.2) is 40.6 Å².